The Morgan fingerprint density at radius 2 is 2.00 bits per heavy atom. The fourth-order valence-corrected chi connectivity index (χ4v) is 1.60. The van der Waals surface area contributed by atoms with Crippen molar-refractivity contribution in [3.63, 3.8) is 0 Å². The van der Waals surface area contributed by atoms with E-state index >= 15 is 0 Å². The summed E-state index contributed by atoms with van der Waals surface area (Å²) in [4.78, 5) is 22.7. The fourth-order valence-electron chi connectivity index (χ4n) is 1.60. The minimum absolute atomic E-state index is 0.197. The highest BCUT2D eigenvalue weighted by atomic mass is 16.4. The van der Waals surface area contributed by atoms with Crippen molar-refractivity contribution >= 4 is 16.7 Å². The Kier molecular flexibility index (Phi) is 2.44. The molecule has 0 N–H and O–H groups in total. The maximum Gasteiger partial charge on any atom is 0.274 e. The molecule has 0 amide bonds. The van der Waals surface area contributed by atoms with Crippen molar-refractivity contribution in [2.45, 2.75) is 13.5 Å². The first-order valence-electron chi connectivity index (χ1n) is 4.86. The van der Waals surface area contributed by atoms with E-state index in [1.807, 2.05) is 0 Å². The third-order valence-corrected chi connectivity index (χ3v) is 2.36. The molecule has 0 aliphatic carbocycles. The van der Waals surface area contributed by atoms with Crippen LogP contribution in [0.3, 0.4) is 0 Å². The zero-order valence-electron chi connectivity index (χ0n) is 8.64. The molecule has 0 unspecified atom stereocenters. The molecule has 0 saturated carbocycles. The second kappa shape index (κ2) is 3.77. The number of hydrogen-bond acceptors (Lipinski definition) is 4. The predicted octanol–water partition coefficient (Wildman–Crippen LogP) is -0.220. The highest BCUT2D eigenvalue weighted by molar-refractivity contribution is 6.00. The molecule has 0 radical (unpaired) electrons. The maximum atomic E-state index is 11.8. The Bertz CT molecular complexity index is 616. The lowest BCUT2D eigenvalue weighted by atomic mass is 10.1. The van der Waals surface area contributed by atoms with Crippen LogP contribution in [0.2, 0.25) is 0 Å². The molecule has 5 heteroatoms. The first-order chi connectivity index (χ1) is 7.65. The summed E-state index contributed by atoms with van der Waals surface area (Å²) >= 11 is 0. The molecule has 2 rings (SSSR count). The van der Waals surface area contributed by atoms with Crippen LogP contribution in [0, 0.1) is 0 Å². The Balaban J connectivity index is 2.96. The van der Waals surface area contributed by atoms with Gasteiger partial charge in [-0.25, -0.2) is 4.68 Å². The van der Waals surface area contributed by atoms with Gasteiger partial charge in [0.15, 0.2) is 0 Å². The number of aromatic carboxylic acids is 1. The van der Waals surface area contributed by atoms with Gasteiger partial charge in [0.1, 0.15) is 5.69 Å². The average molecular weight is 217 g/mol. The normalized spacial score (nSPS) is 10.6. The van der Waals surface area contributed by atoms with Crippen molar-refractivity contribution in [3.05, 3.63) is 40.3 Å². The van der Waals surface area contributed by atoms with Crippen molar-refractivity contribution in [3.8, 4) is 0 Å². The second-order valence-electron chi connectivity index (χ2n) is 3.30. The molecule has 1 aromatic heterocycles. The third kappa shape index (κ3) is 1.46. The van der Waals surface area contributed by atoms with Crippen LogP contribution in [-0.2, 0) is 6.54 Å². The number of carboxylic acids is 1. The number of aryl methyl sites for hydroxylation is 1. The molecule has 16 heavy (non-hydrogen) atoms. The number of aromatic nitrogens is 2. The van der Waals surface area contributed by atoms with Crippen LogP contribution < -0.4 is 10.7 Å². The molecular formula is C11H9N2O3-. The second-order valence-corrected chi connectivity index (χ2v) is 3.30. The van der Waals surface area contributed by atoms with Gasteiger partial charge in [0.25, 0.3) is 5.56 Å². The Morgan fingerprint density at radius 3 is 2.56 bits per heavy atom. The summed E-state index contributed by atoms with van der Waals surface area (Å²) in [6, 6.07) is 6.47. The number of benzene rings is 1. The summed E-state index contributed by atoms with van der Waals surface area (Å²) < 4.78 is 1.12. The van der Waals surface area contributed by atoms with E-state index in [0.29, 0.717) is 17.3 Å². The van der Waals surface area contributed by atoms with Gasteiger partial charge in [-0.2, -0.15) is 5.10 Å². The van der Waals surface area contributed by atoms with Crippen LogP contribution in [0.25, 0.3) is 10.8 Å². The van der Waals surface area contributed by atoms with E-state index in [1.165, 1.54) is 0 Å². The van der Waals surface area contributed by atoms with Gasteiger partial charge >= 0.3 is 0 Å². The molecule has 0 atom stereocenters. The summed E-state index contributed by atoms with van der Waals surface area (Å²) in [5, 5.41) is 15.3. The van der Waals surface area contributed by atoms with Crippen molar-refractivity contribution in [2.75, 3.05) is 0 Å². The minimum atomic E-state index is -1.38. The number of rotatable bonds is 2. The van der Waals surface area contributed by atoms with E-state index in [0.717, 1.165) is 4.68 Å². The zero-order valence-corrected chi connectivity index (χ0v) is 8.64. The lowest BCUT2D eigenvalue weighted by Gasteiger charge is -2.09. The smallest absolute Gasteiger partial charge is 0.274 e. The highest BCUT2D eigenvalue weighted by Gasteiger charge is 2.09. The zero-order chi connectivity index (χ0) is 11.7. The topological polar surface area (TPSA) is 75.0 Å². The molecule has 0 saturated heterocycles. The Hall–Kier alpha value is -2.17. The SMILES string of the molecule is CCn1nc(C(=O)[O-])c2ccccc2c1=O. The number of fused-ring (bicyclic) bond motifs is 1. The summed E-state index contributed by atoms with van der Waals surface area (Å²) in [7, 11) is 0. The molecule has 2 aromatic rings. The van der Waals surface area contributed by atoms with Crippen LogP contribution >= 0.6 is 0 Å². The van der Waals surface area contributed by atoms with Gasteiger partial charge in [-0.3, -0.25) is 4.79 Å². The van der Waals surface area contributed by atoms with Gasteiger partial charge < -0.3 is 9.90 Å². The quantitative estimate of drug-likeness (QED) is 0.697. The number of carbonyl (C=O) groups is 1. The molecule has 5 nitrogen and oxygen atoms in total. The molecule has 1 aromatic carbocycles. The van der Waals surface area contributed by atoms with Crippen molar-refractivity contribution in [1.29, 1.82) is 0 Å². The molecule has 82 valence electrons. The highest BCUT2D eigenvalue weighted by Crippen LogP contribution is 2.12. The lowest BCUT2D eigenvalue weighted by molar-refractivity contribution is -0.255. The van der Waals surface area contributed by atoms with Gasteiger partial charge in [-0.05, 0) is 13.0 Å². The standard InChI is InChI=1S/C11H10N2O3/c1-2-13-10(14)8-6-4-3-5-7(8)9(12-13)11(15)16/h3-6H,2H2,1H3,(H,15,16)/p-1. The fraction of sp³-hybridized carbons (Fsp3) is 0.182. The molecule has 0 bridgehead atoms. The molecular weight excluding hydrogens is 208 g/mol. The van der Waals surface area contributed by atoms with Crippen LogP contribution in [-0.4, -0.2) is 15.7 Å². The Labute approximate surface area is 90.9 Å². The van der Waals surface area contributed by atoms with E-state index in [4.69, 9.17) is 0 Å². The monoisotopic (exact) mass is 217 g/mol. The van der Waals surface area contributed by atoms with Crippen molar-refractivity contribution in [1.82, 2.24) is 9.78 Å². The van der Waals surface area contributed by atoms with Crippen LogP contribution in [0.15, 0.2) is 29.1 Å². The largest absolute Gasteiger partial charge is 0.543 e. The van der Waals surface area contributed by atoms with E-state index in [1.54, 1.807) is 31.2 Å². The van der Waals surface area contributed by atoms with E-state index in [-0.39, 0.29) is 11.3 Å². The number of hydrogen-bond donors (Lipinski definition) is 0. The van der Waals surface area contributed by atoms with Crippen LogP contribution in [0.5, 0.6) is 0 Å². The molecule has 0 spiro atoms. The van der Waals surface area contributed by atoms with Gasteiger partial charge in [0.2, 0.25) is 0 Å². The summed E-state index contributed by atoms with van der Waals surface area (Å²) in [6.07, 6.45) is 0. The molecule has 0 aliphatic rings. The van der Waals surface area contributed by atoms with E-state index in [2.05, 4.69) is 5.10 Å². The number of carboxylic acid groups (broad SMARTS) is 1. The molecule has 0 fully saturated rings. The first-order valence-corrected chi connectivity index (χ1v) is 4.86. The number of nitrogens with zero attached hydrogens (tertiary/aromatic N) is 2. The van der Waals surface area contributed by atoms with Crippen LogP contribution in [0.4, 0.5) is 0 Å². The summed E-state index contributed by atoms with van der Waals surface area (Å²) in [5.74, 6) is -1.38. The van der Waals surface area contributed by atoms with Crippen LogP contribution in [0.1, 0.15) is 17.4 Å². The van der Waals surface area contributed by atoms with Gasteiger partial charge in [0.05, 0.1) is 11.4 Å². The first kappa shape index (κ1) is 10.4. The molecule has 1 heterocycles. The number of carbonyl (C=O) groups excluding carboxylic acids is 1. The molecule has 0 aliphatic heterocycles. The van der Waals surface area contributed by atoms with Crippen molar-refractivity contribution in [2.24, 2.45) is 0 Å². The average Bonchev–Trinajstić information content (AvgIpc) is 2.29. The lowest BCUT2D eigenvalue weighted by Crippen LogP contribution is -2.30. The summed E-state index contributed by atoms with van der Waals surface area (Å²) in [6.45, 7) is 2.05. The van der Waals surface area contributed by atoms with E-state index < -0.39 is 5.97 Å². The summed E-state index contributed by atoms with van der Waals surface area (Å²) in [5.41, 5.74) is -0.486. The van der Waals surface area contributed by atoms with E-state index in [9.17, 15) is 14.7 Å². The third-order valence-electron chi connectivity index (χ3n) is 2.36. The Morgan fingerprint density at radius 1 is 1.38 bits per heavy atom. The van der Waals surface area contributed by atoms with Gasteiger partial charge in [-0.15, -0.1) is 0 Å². The van der Waals surface area contributed by atoms with Gasteiger partial charge in [0, 0.05) is 11.9 Å². The maximum absolute atomic E-state index is 11.8. The van der Waals surface area contributed by atoms with Gasteiger partial charge in [-0.1, -0.05) is 18.2 Å². The predicted molar refractivity (Wildman–Crippen MR) is 56.0 cm³/mol. The van der Waals surface area contributed by atoms with Crippen molar-refractivity contribution < 1.29 is 9.90 Å². The minimum Gasteiger partial charge on any atom is -0.543 e.